The lowest BCUT2D eigenvalue weighted by atomic mass is 9.99. The van der Waals surface area contributed by atoms with Crippen LogP contribution in [0.4, 0.5) is 0 Å². The Bertz CT molecular complexity index is 613. The second kappa shape index (κ2) is 6.91. The van der Waals surface area contributed by atoms with E-state index in [1.165, 1.54) is 33.4 Å². The normalized spacial score (nSPS) is 12.4. The molecule has 21 heavy (non-hydrogen) atoms. The van der Waals surface area contributed by atoms with Crippen LogP contribution >= 0.6 is 0 Å². The highest BCUT2D eigenvalue weighted by molar-refractivity contribution is 5.36. The van der Waals surface area contributed by atoms with Crippen molar-refractivity contribution in [2.45, 2.75) is 53.6 Å². The van der Waals surface area contributed by atoms with E-state index in [0.29, 0.717) is 6.04 Å². The number of benzene rings is 2. The molecule has 2 aromatic carbocycles. The van der Waals surface area contributed by atoms with Gasteiger partial charge in [0.15, 0.2) is 0 Å². The predicted octanol–water partition coefficient (Wildman–Crippen LogP) is 4.64. The van der Waals surface area contributed by atoms with Crippen molar-refractivity contribution in [3.63, 3.8) is 0 Å². The molecule has 0 saturated carbocycles. The van der Waals surface area contributed by atoms with Gasteiger partial charge >= 0.3 is 0 Å². The van der Waals surface area contributed by atoms with Crippen molar-refractivity contribution in [2.24, 2.45) is 0 Å². The first-order valence-electron chi connectivity index (χ1n) is 7.82. The fraction of sp³-hybridized carbons (Fsp3) is 0.400. The zero-order valence-corrected chi connectivity index (χ0v) is 14.0. The van der Waals surface area contributed by atoms with Crippen molar-refractivity contribution in [1.82, 2.24) is 5.32 Å². The van der Waals surface area contributed by atoms with Crippen LogP contribution in [0.15, 0.2) is 36.4 Å². The van der Waals surface area contributed by atoms with Gasteiger partial charge in [-0.15, -0.1) is 0 Å². The van der Waals surface area contributed by atoms with E-state index in [1.54, 1.807) is 0 Å². The minimum absolute atomic E-state index is 0.479. The summed E-state index contributed by atoms with van der Waals surface area (Å²) in [4.78, 5) is 0. The van der Waals surface area contributed by atoms with Gasteiger partial charge in [0.1, 0.15) is 0 Å². The Balaban J connectivity index is 1.97. The number of nitrogens with one attached hydrogen (secondary N) is 1. The molecular weight excluding hydrogens is 254 g/mol. The molecule has 0 bridgehead atoms. The smallest absolute Gasteiger partial charge is 0.0210 e. The highest BCUT2D eigenvalue weighted by Crippen LogP contribution is 2.16. The number of rotatable bonds is 5. The molecule has 1 nitrogen and oxygen atoms in total. The molecule has 0 amide bonds. The van der Waals surface area contributed by atoms with Crippen molar-refractivity contribution in [3.8, 4) is 0 Å². The molecule has 0 saturated heterocycles. The second-order valence-electron chi connectivity index (χ2n) is 6.28. The van der Waals surface area contributed by atoms with Gasteiger partial charge in [-0.25, -0.2) is 0 Å². The van der Waals surface area contributed by atoms with Gasteiger partial charge in [0, 0.05) is 12.6 Å². The molecule has 0 radical (unpaired) electrons. The number of hydrogen-bond donors (Lipinski definition) is 1. The third-order valence-electron chi connectivity index (χ3n) is 4.38. The van der Waals surface area contributed by atoms with Crippen LogP contribution in [0.25, 0.3) is 0 Å². The average molecular weight is 281 g/mol. The Morgan fingerprint density at radius 3 is 2.19 bits per heavy atom. The fourth-order valence-corrected chi connectivity index (χ4v) is 2.74. The van der Waals surface area contributed by atoms with Crippen molar-refractivity contribution < 1.29 is 0 Å². The minimum Gasteiger partial charge on any atom is -0.310 e. The summed E-state index contributed by atoms with van der Waals surface area (Å²) in [6.07, 6.45) is 1.08. The third kappa shape index (κ3) is 4.18. The molecule has 0 aliphatic rings. The van der Waals surface area contributed by atoms with Crippen LogP contribution in [0.1, 0.15) is 40.3 Å². The standard InChI is InChI=1S/C20H27N/c1-14-8-6-7-9-19(14)12-18(5)21-13-20-11-16(3)15(2)10-17(20)4/h6-11,18,21H,12-13H2,1-5H3. The van der Waals surface area contributed by atoms with Crippen LogP contribution in [0.5, 0.6) is 0 Å². The Hall–Kier alpha value is -1.60. The van der Waals surface area contributed by atoms with Gasteiger partial charge in [-0.05, 0) is 74.4 Å². The molecule has 0 aromatic heterocycles. The molecule has 0 heterocycles. The van der Waals surface area contributed by atoms with E-state index >= 15 is 0 Å². The van der Waals surface area contributed by atoms with Gasteiger partial charge in [0.05, 0.1) is 0 Å². The monoisotopic (exact) mass is 281 g/mol. The molecule has 1 heteroatoms. The first-order valence-corrected chi connectivity index (χ1v) is 7.82. The highest BCUT2D eigenvalue weighted by atomic mass is 14.9. The first kappa shape index (κ1) is 15.8. The van der Waals surface area contributed by atoms with Gasteiger partial charge in [-0.3, -0.25) is 0 Å². The number of hydrogen-bond acceptors (Lipinski definition) is 1. The highest BCUT2D eigenvalue weighted by Gasteiger charge is 2.07. The first-order chi connectivity index (χ1) is 9.97. The van der Waals surface area contributed by atoms with Gasteiger partial charge in [0.25, 0.3) is 0 Å². The molecular formula is C20H27N. The quantitative estimate of drug-likeness (QED) is 0.842. The van der Waals surface area contributed by atoms with Gasteiger partial charge in [-0.2, -0.15) is 0 Å². The lowest BCUT2D eigenvalue weighted by Crippen LogP contribution is -2.28. The molecule has 1 unspecified atom stereocenters. The fourth-order valence-electron chi connectivity index (χ4n) is 2.74. The van der Waals surface area contributed by atoms with Crippen molar-refractivity contribution in [1.29, 1.82) is 0 Å². The van der Waals surface area contributed by atoms with E-state index in [2.05, 4.69) is 76.3 Å². The summed E-state index contributed by atoms with van der Waals surface area (Å²) in [5, 5.41) is 3.66. The Labute approximate surface area is 129 Å². The van der Waals surface area contributed by atoms with Gasteiger partial charge in [0.2, 0.25) is 0 Å². The molecule has 1 atom stereocenters. The molecule has 0 aliphatic carbocycles. The summed E-state index contributed by atoms with van der Waals surface area (Å²) >= 11 is 0. The minimum atomic E-state index is 0.479. The lowest BCUT2D eigenvalue weighted by Gasteiger charge is -2.17. The van der Waals surface area contributed by atoms with Crippen LogP contribution in [-0.4, -0.2) is 6.04 Å². The second-order valence-corrected chi connectivity index (χ2v) is 6.28. The Morgan fingerprint density at radius 2 is 1.48 bits per heavy atom. The maximum absolute atomic E-state index is 3.66. The molecule has 2 aromatic rings. The van der Waals surface area contributed by atoms with E-state index in [1.807, 2.05) is 0 Å². The Kier molecular flexibility index (Phi) is 5.19. The Morgan fingerprint density at radius 1 is 0.810 bits per heavy atom. The zero-order valence-electron chi connectivity index (χ0n) is 14.0. The van der Waals surface area contributed by atoms with Crippen LogP contribution < -0.4 is 5.32 Å². The van der Waals surface area contributed by atoms with E-state index in [0.717, 1.165) is 13.0 Å². The summed E-state index contributed by atoms with van der Waals surface area (Å²) in [7, 11) is 0. The third-order valence-corrected chi connectivity index (χ3v) is 4.38. The van der Waals surface area contributed by atoms with E-state index in [4.69, 9.17) is 0 Å². The maximum Gasteiger partial charge on any atom is 0.0210 e. The van der Waals surface area contributed by atoms with E-state index < -0.39 is 0 Å². The van der Waals surface area contributed by atoms with Crippen molar-refractivity contribution >= 4 is 0 Å². The largest absolute Gasteiger partial charge is 0.310 e. The summed E-state index contributed by atoms with van der Waals surface area (Å²) < 4.78 is 0. The molecule has 2 rings (SSSR count). The zero-order chi connectivity index (χ0) is 15.4. The summed E-state index contributed by atoms with van der Waals surface area (Å²) in [5.74, 6) is 0. The van der Waals surface area contributed by atoms with Crippen LogP contribution in [-0.2, 0) is 13.0 Å². The summed E-state index contributed by atoms with van der Waals surface area (Å²) in [5.41, 5.74) is 8.37. The van der Waals surface area contributed by atoms with Crippen LogP contribution in [0.3, 0.4) is 0 Å². The maximum atomic E-state index is 3.66. The van der Waals surface area contributed by atoms with Crippen molar-refractivity contribution in [2.75, 3.05) is 0 Å². The SMILES string of the molecule is Cc1cc(C)c(CNC(C)Cc2ccccc2C)cc1C. The topological polar surface area (TPSA) is 12.0 Å². The number of aryl methyl sites for hydroxylation is 4. The predicted molar refractivity (Wildman–Crippen MR) is 91.8 cm³/mol. The summed E-state index contributed by atoms with van der Waals surface area (Å²) in [6.45, 7) is 12.0. The van der Waals surface area contributed by atoms with Crippen LogP contribution in [0, 0.1) is 27.7 Å². The molecule has 0 spiro atoms. The molecule has 112 valence electrons. The summed E-state index contributed by atoms with van der Waals surface area (Å²) in [6, 6.07) is 13.7. The van der Waals surface area contributed by atoms with Crippen molar-refractivity contribution in [3.05, 3.63) is 69.8 Å². The van der Waals surface area contributed by atoms with E-state index in [-0.39, 0.29) is 0 Å². The van der Waals surface area contributed by atoms with Gasteiger partial charge in [-0.1, -0.05) is 36.4 Å². The molecule has 1 N–H and O–H groups in total. The molecule has 0 fully saturated rings. The van der Waals surface area contributed by atoms with Crippen LogP contribution in [0.2, 0.25) is 0 Å². The lowest BCUT2D eigenvalue weighted by molar-refractivity contribution is 0.543. The van der Waals surface area contributed by atoms with E-state index in [9.17, 15) is 0 Å². The average Bonchev–Trinajstić information content (AvgIpc) is 2.44. The molecule has 0 aliphatic heterocycles. The van der Waals surface area contributed by atoms with Gasteiger partial charge < -0.3 is 5.32 Å².